The van der Waals surface area contributed by atoms with E-state index in [1.165, 1.54) is 19.3 Å². The number of aryl methyl sites for hydroxylation is 2. The lowest BCUT2D eigenvalue weighted by Gasteiger charge is -2.31. The molecule has 1 fully saturated rings. The van der Waals surface area contributed by atoms with E-state index in [1.807, 2.05) is 51.1 Å². The molecule has 0 aromatic heterocycles. The van der Waals surface area contributed by atoms with Crippen molar-refractivity contribution >= 4 is 11.8 Å². The van der Waals surface area contributed by atoms with E-state index in [0.717, 1.165) is 35.1 Å². The second-order valence-electron chi connectivity index (χ2n) is 8.63. The van der Waals surface area contributed by atoms with Gasteiger partial charge in [-0.15, -0.1) is 0 Å². The summed E-state index contributed by atoms with van der Waals surface area (Å²) in [6, 6.07) is 15.8. The summed E-state index contributed by atoms with van der Waals surface area (Å²) in [5, 5.41) is 3.19. The summed E-state index contributed by atoms with van der Waals surface area (Å²) in [6.45, 7) is 6.35. The maximum Gasteiger partial charge on any atom is 0.242 e. The highest BCUT2D eigenvalue weighted by Crippen LogP contribution is 2.19. The lowest BCUT2D eigenvalue weighted by Crippen LogP contribution is -2.50. The number of amides is 2. The van der Waals surface area contributed by atoms with Gasteiger partial charge in [0.05, 0.1) is 6.42 Å². The molecule has 1 N–H and O–H groups in total. The zero-order valence-electron chi connectivity index (χ0n) is 18.5. The zero-order chi connectivity index (χ0) is 21.5. The SMILES string of the molecule is Cc1ccc(C)c(CC(=O)N(Cc2ccccc2)[C@@H](C)C(=O)NC2CCCCC2)c1. The number of benzene rings is 2. The molecule has 4 heteroatoms. The number of carbonyl (C=O) groups is 2. The first-order valence-corrected chi connectivity index (χ1v) is 11.1. The topological polar surface area (TPSA) is 49.4 Å². The lowest BCUT2D eigenvalue weighted by molar-refractivity contribution is -0.140. The summed E-state index contributed by atoms with van der Waals surface area (Å²) in [5.74, 6) is -0.0639. The predicted molar refractivity (Wildman–Crippen MR) is 121 cm³/mol. The summed E-state index contributed by atoms with van der Waals surface area (Å²) in [5.41, 5.74) is 4.30. The number of hydrogen-bond acceptors (Lipinski definition) is 2. The Morgan fingerprint density at radius 3 is 2.43 bits per heavy atom. The van der Waals surface area contributed by atoms with Crippen LogP contribution in [0.15, 0.2) is 48.5 Å². The Morgan fingerprint density at radius 2 is 1.73 bits per heavy atom. The van der Waals surface area contributed by atoms with E-state index in [0.29, 0.717) is 13.0 Å². The van der Waals surface area contributed by atoms with Crippen molar-refractivity contribution in [1.29, 1.82) is 0 Å². The maximum absolute atomic E-state index is 13.4. The van der Waals surface area contributed by atoms with Crippen molar-refractivity contribution in [2.75, 3.05) is 0 Å². The summed E-state index contributed by atoms with van der Waals surface area (Å²) in [7, 11) is 0. The van der Waals surface area contributed by atoms with Gasteiger partial charge in [-0.05, 0) is 50.3 Å². The number of nitrogens with one attached hydrogen (secondary N) is 1. The van der Waals surface area contributed by atoms with Gasteiger partial charge in [0.1, 0.15) is 6.04 Å². The van der Waals surface area contributed by atoms with Crippen molar-refractivity contribution in [3.63, 3.8) is 0 Å². The van der Waals surface area contributed by atoms with Crippen LogP contribution in [-0.2, 0) is 22.6 Å². The molecular formula is C26H34N2O2. The molecule has 0 saturated heterocycles. The molecule has 0 heterocycles. The maximum atomic E-state index is 13.4. The second-order valence-corrected chi connectivity index (χ2v) is 8.63. The van der Waals surface area contributed by atoms with Crippen molar-refractivity contribution in [2.45, 2.75) is 77.9 Å². The average Bonchev–Trinajstić information content (AvgIpc) is 2.75. The molecule has 30 heavy (non-hydrogen) atoms. The first-order valence-electron chi connectivity index (χ1n) is 11.1. The van der Waals surface area contributed by atoms with Gasteiger partial charge in [-0.25, -0.2) is 0 Å². The molecule has 0 radical (unpaired) electrons. The summed E-state index contributed by atoms with van der Waals surface area (Å²) >= 11 is 0. The normalized spacial score (nSPS) is 15.4. The van der Waals surface area contributed by atoms with Crippen LogP contribution in [0.3, 0.4) is 0 Å². The number of carbonyl (C=O) groups excluding carboxylic acids is 2. The summed E-state index contributed by atoms with van der Waals surface area (Å²) < 4.78 is 0. The molecule has 1 aliphatic rings. The smallest absolute Gasteiger partial charge is 0.242 e. The van der Waals surface area contributed by atoms with Gasteiger partial charge < -0.3 is 10.2 Å². The van der Waals surface area contributed by atoms with E-state index < -0.39 is 6.04 Å². The number of nitrogens with zero attached hydrogens (tertiary/aromatic N) is 1. The van der Waals surface area contributed by atoms with Crippen LogP contribution in [0.1, 0.15) is 61.3 Å². The van der Waals surface area contributed by atoms with E-state index in [4.69, 9.17) is 0 Å². The van der Waals surface area contributed by atoms with Crippen molar-refractivity contribution < 1.29 is 9.59 Å². The van der Waals surface area contributed by atoms with Gasteiger partial charge in [0.15, 0.2) is 0 Å². The molecule has 0 unspecified atom stereocenters. The van der Waals surface area contributed by atoms with Crippen molar-refractivity contribution in [3.05, 3.63) is 70.8 Å². The standard InChI is InChI=1S/C26H34N2O2/c1-19-14-15-20(2)23(16-19)17-25(29)28(18-22-10-6-4-7-11-22)21(3)26(30)27-24-12-8-5-9-13-24/h4,6-7,10-11,14-16,21,24H,5,8-9,12-13,17-18H2,1-3H3,(H,27,30)/t21-/m0/s1. The van der Waals surface area contributed by atoms with E-state index in [-0.39, 0.29) is 17.9 Å². The van der Waals surface area contributed by atoms with Crippen molar-refractivity contribution in [1.82, 2.24) is 10.2 Å². The molecule has 2 aromatic rings. The van der Waals surface area contributed by atoms with Crippen LogP contribution in [0.5, 0.6) is 0 Å². The highest BCUT2D eigenvalue weighted by molar-refractivity contribution is 5.88. The quantitative estimate of drug-likeness (QED) is 0.724. The molecule has 1 atom stereocenters. The van der Waals surface area contributed by atoms with Gasteiger partial charge in [0.2, 0.25) is 11.8 Å². The molecule has 4 nitrogen and oxygen atoms in total. The Hall–Kier alpha value is -2.62. The molecule has 2 aromatic carbocycles. The van der Waals surface area contributed by atoms with Gasteiger partial charge in [0.25, 0.3) is 0 Å². The summed E-state index contributed by atoms with van der Waals surface area (Å²) in [4.78, 5) is 28.1. The average molecular weight is 407 g/mol. The van der Waals surface area contributed by atoms with Crippen LogP contribution in [0.25, 0.3) is 0 Å². The largest absolute Gasteiger partial charge is 0.352 e. The van der Waals surface area contributed by atoms with Crippen LogP contribution in [0, 0.1) is 13.8 Å². The van der Waals surface area contributed by atoms with Gasteiger partial charge in [-0.3, -0.25) is 9.59 Å². The van der Waals surface area contributed by atoms with Crippen LogP contribution in [-0.4, -0.2) is 28.8 Å². The summed E-state index contributed by atoms with van der Waals surface area (Å²) in [6.07, 6.45) is 5.95. The molecule has 160 valence electrons. The fourth-order valence-electron chi connectivity index (χ4n) is 4.19. The van der Waals surface area contributed by atoms with Crippen LogP contribution in [0.2, 0.25) is 0 Å². The van der Waals surface area contributed by atoms with E-state index >= 15 is 0 Å². The van der Waals surface area contributed by atoms with E-state index in [1.54, 1.807) is 4.90 Å². The molecule has 0 aliphatic heterocycles. The van der Waals surface area contributed by atoms with Gasteiger partial charge in [0, 0.05) is 12.6 Å². The third kappa shape index (κ3) is 5.94. The van der Waals surface area contributed by atoms with Gasteiger partial charge in [-0.2, -0.15) is 0 Å². The Labute approximate surface area is 180 Å². The Bertz CT molecular complexity index is 857. The molecule has 3 rings (SSSR count). The van der Waals surface area contributed by atoms with E-state index in [2.05, 4.69) is 23.5 Å². The van der Waals surface area contributed by atoms with Crippen molar-refractivity contribution in [3.8, 4) is 0 Å². The Balaban J connectivity index is 1.77. The van der Waals surface area contributed by atoms with Crippen LogP contribution >= 0.6 is 0 Å². The third-order valence-electron chi connectivity index (χ3n) is 6.16. The monoisotopic (exact) mass is 406 g/mol. The minimum absolute atomic E-state index is 0.0150. The van der Waals surface area contributed by atoms with Gasteiger partial charge in [-0.1, -0.05) is 73.4 Å². The highest BCUT2D eigenvalue weighted by Gasteiger charge is 2.28. The number of rotatable bonds is 7. The molecular weight excluding hydrogens is 372 g/mol. The minimum Gasteiger partial charge on any atom is -0.352 e. The second kappa shape index (κ2) is 10.4. The first-order chi connectivity index (χ1) is 14.4. The van der Waals surface area contributed by atoms with E-state index in [9.17, 15) is 9.59 Å². The number of hydrogen-bond donors (Lipinski definition) is 1. The first kappa shape index (κ1) is 22.1. The molecule has 0 spiro atoms. The Morgan fingerprint density at radius 1 is 1.03 bits per heavy atom. The Kier molecular flexibility index (Phi) is 7.67. The van der Waals surface area contributed by atoms with Crippen molar-refractivity contribution in [2.24, 2.45) is 0 Å². The zero-order valence-corrected chi connectivity index (χ0v) is 18.5. The predicted octanol–water partition coefficient (Wildman–Crippen LogP) is 4.71. The van der Waals surface area contributed by atoms with Gasteiger partial charge >= 0.3 is 0 Å². The molecule has 0 bridgehead atoms. The molecule has 1 aliphatic carbocycles. The van der Waals surface area contributed by atoms with Crippen LogP contribution in [0.4, 0.5) is 0 Å². The fraction of sp³-hybridized carbons (Fsp3) is 0.462. The fourth-order valence-corrected chi connectivity index (χ4v) is 4.19. The van der Waals surface area contributed by atoms with Crippen LogP contribution < -0.4 is 5.32 Å². The molecule has 1 saturated carbocycles. The third-order valence-corrected chi connectivity index (χ3v) is 6.16. The lowest BCUT2D eigenvalue weighted by atomic mass is 9.95. The highest BCUT2D eigenvalue weighted by atomic mass is 16.2. The molecule has 2 amide bonds. The minimum atomic E-state index is -0.509.